The minimum atomic E-state index is -0.324. The number of halogens is 1. The standard InChI is InChI=1S/C8H11BrN2OS/c9-8-11(3-5-1-2-5)6(4-13-8)7(10)12/h4-5,8H,1-3H2,(H2,10,12). The number of carbonyl (C=O) groups is 1. The molecule has 0 aromatic heterocycles. The molecule has 2 rings (SSSR count). The molecule has 72 valence electrons. The number of primary amides is 1. The molecule has 2 N–H and O–H groups in total. The molecular formula is C8H11BrN2OS. The van der Waals surface area contributed by atoms with Crippen LogP contribution in [-0.4, -0.2) is 21.6 Å². The Morgan fingerprint density at radius 1 is 1.77 bits per heavy atom. The Morgan fingerprint density at radius 2 is 2.46 bits per heavy atom. The Morgan fingerprint density at radius 3 is 3.00 bits per heavy atom. The Kier molecular flexibility index (Phi) is 2.55. The largest absolute Gasteiger partial charge is 0.364 e. The third-order valence-electron chi connectivity index (χ3n) is 2.25. The molecule has 0 radical (unpaired) electrons. The number of rotatable bonds is 3. The molecule has 1 saturated carbocycles. The second-order valence-corrected chi connectivity index (χ2v) is 5.82. The van der Waals surface area contributed by atoms with Crippen LogP contribution in [0.1, 0.15) is 12.8 Å². The van der Waals surface area contributed by atoms with Crippen LogP contribution in [0.5, 0.6) is 0 Å². The molecule has 0 spiro atoms. The normalized spacial score (nSPS) is 27.6. The quantitative estimate of drug-likeness (QED) is 0.619. The Bertz CT molecular complexity index is 265. The number of amides is 1. The van der Waals surface area contributed by atoms with E-state index in [0.717, 1.165) is 12.5 Å². The monoisotopic (exact) mass is 262 g/mol. The van der Waals surface area contributed by atoms with Crippen LogP contribution in [0.15, 0.2) is 11.1 Å². The Labute approximate surface area is 89.8 Å². The lowest BCUT2D eigenvalue weighted by molar-refractivity contribution is -0.115. The zero-order chi connectivity index (χ0) is 9.42. The van der Waals surface area contributed by atoms with Gasteiger partial charge in [0.05, 0.1) is 0 Å². The van der Waals surface area contributed by atoms with Crippen LogP contribution in [-0.2, 0) is 4.79 Å². The fourth-order valence-corrected chi connectivity index (χ4v) is 2.88. The number of hydrogen-bond donors (Lipinski definition) is 1. The van der Waals surface area contributed by atoms with E-state index in [2.05, 4.69) is 15.9 Å². The predicted molar refractivity (Wildman–Crippen MR) is 57.0 cm³/mol. The topological polar surface area (TPSA) is 46.3 Å². The van der Waals surface area contributed by atoms with Gasteiger partial charge in [0.1, 0.15) is 9.98 Å². The third kappa shape index (κ3) is 2.02. The van der Waals surface area contributed by atoms with Crippen molar-refractivity contribution in [2.75, 3.05) is 6.54 Å². The lowest BCUT2D eigenvalue weighted by Crippen LogP contribution is -2.33. The molecule has 3 nitrogen and oxygen atoms in total. The van der Waals surface area contributed by atoms with Gasteiger partial charge in [0.25, 0.3) is 5.91 Å². The summed E-state index contributed by atoms with van der Waals surface area (Å²) < 4.78 is 0.190. The smallest absolute Gasteiger partial charge is 0.265 e. The lowest BCUT2D eigenvalue weighted by atomic mass is 10.3. The fraction of sp³-hybridized carbons (Fsp3) is 0.625. The summed E-state index contributed by atoms with van der Waals surface area (Å²) in [5.74, 6) is 0.441. The Hall–Kier alpha value is -0.160. The van der Waals surface area contributed by atoms with Gasteiger partial charge in [0.2, 0.25) is 0 Å². The fourth-order valence-electron chi connectivity index (χ4n) is 1.33. The van der Waals surface area contributed by atoms with E-state index >= 15 is 0 Å². The SMILES string of the molecule is NC(=O)C1=CSC(Br)N1CC1CC1. The van der Waals surface area contributed by atoms with Crippen molar-refractivity contribution in [3.8, 4) is 0 Å². The first-order chi connectivity index (χ1) is 6.18. The summed E-state index contributed by atoms with van der Waals surface area (Å²) in [4.78, 5) is 13.1. The van der Waals surface area contributed by atoms with Crippen LogP contribution in [0, 0.1) is 5.92 Å². The molecule has 0 aromatic rings. The highest BCUT2D eigenvalue weighted by Crippen LogP contribution is 2.39. The van der Waals surface area contributed by atoms with Gasteiger partial charge >= 0.3 is 0 Å². The second kappa shape index (κ2) is 3.53. The van der Waals surface area contributed by atoms with E-state index in [1.165, 1.54) is 12.8 Å². The van der Waals surface area contributed by atoms with Crippen LogP contribution in [0.4, 0.5) is 0 Å². The molecule has 0 aromatic carbocycles. The minimum absolute atomic E-state index is 0.190. The molecule has 1 atom stereocenters. The molecule has 1 fully saturated rings. The summed E-state index contributed by atoms with van der Waals surface area (Å²) >= 11 is 5.09. The third-order valence-corrected chi connectivity index (χ3v) is 4.23. The number of alkyl halides is 1. The maximum Gasteiger partial charge on any atom is 0.265 e. The first-order valence-corrected chi connectivity index (χ1v) is 6.10. The molecule has 1 amide bonds. The van der Waals surface area contributed by atoms with E-state index in [0.29, 0.717) is 5.70 Å². The zero-order valence-electron chi connectivity index (χ0n) is 7.07. The van der Waals surface area contributed by atoms with Gasteiger partial charge in [-0.1, -0.05) is 27.7 Å². The Balaban J connectivity index is 2.03. The molecule has 13 heavy (non-hydrogen) atoms. The molecule has 1 unspecified atom stereocenters. The van der Waals surface area contributed by atoms with Gasteiger partial charge in [-0.05, 0) is 18.8 Å². The number of nitrogens with zero attached hydrogens (tertiary/aromatic N) is 1. The van der Waals surface area contributed by atoms with Gasteiger partial charge in [-0.15, -0.1) is 0 Å². The van der Waals surface area contributed by atoms with Crippen molar-refractivity contribution in [2.45, 2.75) is 17.1 Å². The molecule has 5 heteroatoms. The van der Waals surface area contributed by atoms with E-state index in [-0.39, 0.29) is 10.2 Å². The van der Waals surface area contributed by atoms with Gasteiger partial charge in [0, 0.05) is 12.0 Å². The number of hydrogen-bond acceptors (Lipinski definition) is 3. The lowest BCUT2D eigenvalue weighted by Gasteiger charge is -2.23. The van der Waals surface area contributed by atoms with Gasteiger partial charge in [-0.25, -0.2) is 0 Å². The second-order valence-electron chi connectivity index (χ2n) is 3.39. The summed E-state index contributed by atoms with van der Waals surface area (Å²) in [6, 6.07) is 0. The van der Waals surface area contributed by atoms with Crippen molar-refractivity contribution in [3.05, 3.63) is 11.1 Å². The summed E-state index contributed by atoms with van der Waals surface area (Å²) in [7, 11) is 0. The highest BCUT2D eigenvalue weighted by Gasteiger charge is 2.33. The van der Waals surface area contributed by atoms with Crippen molar-refractivity contribution in [3.63, 3.8) is 0 Å². The maximum absolute atomic E-state index is 11.0. The average molecular weight is 263 g/mol. The van der Waals surface area contributed by atoms with Crippen molar-refractivity contribution in [2.24, 2.45) is 11.7 Å². The van der Waals surface area contributed by atoms with E-state index in [1.807, 2.05) is 10.3 Å². The molecule has 0 bridgehead atoms. The van der Waals surface area contributed by atoms with Gasteiger partial charge < -0.3 is 10.6 Å². The van der Waals surface area contributed by atoms with Gasteiger partial charge in [0.15, 0.2) is 0 Å². The van der Waals surface area contributed by atoms with E-state index in [1.54, 1.807) is 11.8 Å². The first kappa shape index (κ1) is 9.40. The number of carbonyl (C=O) groups excluding carboxylic acids is 1. The van der Waals surface area contributed by atoms with Crippen molar-refractivity contribution in [1.82, 2.24) is 4.90 Å². The van der Waals surface area contributed by atoms with Crippen LogP contribution >= 0.6 is 27.7 Å². The van der Waals surface area contributed by atoms with Gasteiger partial charge in [-0.2, -0.15) is 0 Å². The zero-order valence-corrected chi connectivity index (χ0v) is 9.47. The summed E-state index contributed by atoms with van der Waals surface area (Å²) in [6.07, 6.45) is 2.57. The van der Waals surface area contributed by atoms with Crippen LogP contribution in [0.3, 0.4) is 0 Å². The summed E-state index contributed by atoms with van der Waals surface area (Å²) in [5, 5.41) is 1.84. The molecule has 1 aliphatic carbocycles. The predicted octanol–water partition coefficient (Wildman–Crippen LogP) is 1.45. The molecule has 2 aliphatic rings. The number of nitrogens with two attached hydrogens (primary N) is 1. The number of thioether (sulfide) groups is 1. The van der Waals surface area contributed by atoms with E-state index in [4.69, 9.17) is 5.73 Å². The van der Waals surface area contributed by atoms with Crippen molar-refractivity contribution in [1.29, 1.82) is 0 Å². The van der Waals surface area contributed by atoms with Crippen molar-refractivity contribution < 1.29 is 4.79 Å². The molecule has 1 heterocycles. The van der Waals surface area contributed by atoms with Gasteiger partial charge in [-0.3, -0.25) is 4.79 Å². The molecule has 1 aliphatic heterocycles. The van der Waals surface area contributed by atoms with E-state index < -0.39 is 0 Å². The minimum Gasteiger partial charge on any atom is -0.364 e. The van der Waals surface area contributed by atoms with Crippen molar-refractivity contribution >= 4 is 33.6 Å². The highest BCUT2D eigenvalue weighted by molar-refractivity contribution is 9.11. The van der Waals surface area contributed by atoms with Crippen LogP contribution < -0.4 is 5.73 Å². The van der Waals surface area contributed by atoms with E-state index in [9.17, 15) is 4.79 Å². The molecule has 0 saturated heterocycles. The van der Waals surface area contributed by atoms with Crippen LogP contribution in [0.25, 0.3) is 0 Å². The first-order valence-electron chi connectivity index (χ1n) is 4.24. The molecular weight excluding hydrogens is 252 g/mol. The van der Waals surface area contributed by atoms with Crippen LogP contribution in [0.2, 0.25) is 0 Å². The summed E-state index contributed by atoms with van der Waals surface area (Å²) in [5.41, 5.74) is 5.92. The summed E-state index contributed by atoms with van der Waals surface area (Å²) in [6.45, 7) is 0.956. The highest BCUT2D eigenvalue weighted by atomic mass is 79.9. The maximum atomic E-state index is 11.0. The average Bonchev–Trinajstić information content (AvgIpc) is 2.78.